The van der Waals surface area contributed by atoms with Gasteiger partial charge < -0.3 is 19.9 Å². The van der Waals surface area contributed by atoms with Crippen LogP contribution in [0, 0.1) is 20.8 Å². The molecular formula is C27H35N5O3S. The number of rotatable bonds is 11. The molecule has 1 aromatic heterocycles. The molecule has 36 heavy (non-hydrogen) atoms. The number of nitrogens with one attached hydrogen (secondary N) is 2. The van der Waals surface area contributed by atoms with Gasteiger partial charge in [0.1, 0.15) is 5.75 Å². The minimum Gasteiger partial charge on any atom is -0.483 e. The van der Waals surface area contributed by atoms with Crippen molar-refractivity contribution in [1.29, 1.82) is 0 Å². The van der Waals surface area contributed by atoms with Crippen molar-refractivity contribution in [2.45, 2.75) is 65.7 Å². The lowest BCUT2D eigenvalue weighted by molar-refractivity contribution is -0.123. The topological polar surface area (TPSA) is 98.1 Å². The molecule has 0 atom stereocenters. The van der Waals surface area contributed by atoms with Crippen molar-refractivity contribution in [2.75, 3.05) is 17.7 Å². The minimum atomic E-state index is -0.237. The van der Waals surface area contributed by atoms with Crippen molar-refractivity contribution in [3.63, 3.8) is 0 Å². The summed E-state index contributed by atoms with van der Waals surface area (Å²) in [5.41, 5.74) is 5.24. The van der Waals surface area contributed by atoms with Gasteiger partial charge in [-0.25, -0.2) is 0 Å². The number of hydrogen-bond donors (Lipinski definition) is 2. The van der Waals surface area contributed by atoms with Gasteiger partial charge in [0.2, 0.25) is 5.91 Å². The number of carbonyl (C=O) groups is 2. The van der Waals surface area contributed by atoms with Crippen LogP contribution in [0.4, 0.5) is 5.69 Å². The maximum atomic E-state index is 12.4. The van der Waals surface area contributed by atoms with E-state index in [2.05, 4.69) is 34.7 Å². The van der Waals surface area contributed by atoms with Crippen LogP contribution in [0.5, 0.6) is 5.75 Å². The maximum absolute atomic E-state index is 12.4. The first-order valence-corrected chi connectivity index (χ1v) is 13.1. The van der Waals surface area contributed by atoms with Gasteiger partial charge in [0.15, 0.2) is 17.6 Å². The van der Waals surface area contributed by atoms with Gasteiger partial charge in [0.25, 0.3) is 5.91 Å². The maximum Gasteiger partial charge on any atom is 0.258 e. The molecule has 2 amide bonds. The number of aromatic nitrogens is 3. The standard InChI is InChI=1S/C27H35N5O3S/c1-7-32-24(14-28-25(33)15-35-23-12-18(4)8-11-22(23)17(2)3)30-31-27(32)36-16-26(34)29-21-10-9-19(5)20(6)13-21/h8-13,17H,7,14-16H2,1-6H3,(H,28,33)(H,29,34). The van der Waals surface area contributed by atoms with Crippen molar-refractivity contribution in [1.82, 2.24) is 20.1 Å². The molecule has 0 aliphatic heterocycles. The van der Waals surface area contributed by atoms with Crippen LogP contribution in [0.2, 0.25) is 0 Å². The van der Waals surface area contributed by atoms with Crippen LogP contribution < -0.4 is 15.4 Å². The zero-order chi connectivity index (χ0) is 26.2. The number of benzene rings is 2. The first-order valence-electron chi connectivity index (χ1n) is 12.1. The van der Waals surface area contributed by atoms with Gasteiger partial charge in [-0.15, -0.1) is 10.2 Å². The highest BCUT2D eigenvalue weighted by atomic mass is 32.2. The molecule has 0 radical (unpaired) electrons. The molecule has 8 nitrogen and oxygen atoms in total. The number of amides is 2. The van der Waals surface area contributed by atoms with Crippen molar-refractivity contribution >= 4 is 29.3 Å². The lowest BCUT2D eigenvalue weighted by atomic mass is 10.0. The summed E-state index contributed by atoms with van der Waals surface area (Å²) in [5.74, 6) is 1.51. The summed E-state index contributed by atoms with van der Waals surface area (Å²) >= 11 is 1.31. The third-order valence-corrected chi connectivity index (χ3v) is 6.79. The van der Waals surface area contributed by atoms with Crippen LogP contribution in [0.1, 0.15) is 54.8 Å². The largest absolute Gasteiger partial charge is 0.483 e. The molecule has 192 valence electrons. The number of hydrogen-bond acceptors (Lipinski definition) is 6. The fourth-order valence-corrected chi connectivity index (χ4v) is 4.46. The Morgan fingerprint density at radius 1 is 1.03 bits per heavy atom. The van der Waals surface area contributed by atoms with Crippen LogP contribution in [-0.2, 0) is 22.7 Å². The second kappa shape index (κ2) is 12.6. The van der Waals surface area contributed by atoms with E-state index in [0.29, 0.717) is 23.4 Å². The van der Waals surface area contributed by atoms with Crippen molar-refractivity contribution < 1.29 is 14.3 Å². The molecular weight excluding hydrogens is 474 g/mol. The summed E-state index contributed by atoms with van der Waals surface area (Å²) in [6, 6.07) is 11.9. The van der Waals surface area contributed by atoms with Gasteiger partial charge in [0.05, 0.1) is 12.3 Å². The van der Waals surface area contributed by atoms with Crippen LogP contribution in [0.3, 0.4) is 0 Å². The fraction of sp³-hybridized carbons (Fsp3) is 0.407. The molecule has 0 unspecified atom stereocenters. The van der Waals surface area contributed by atoms with Gasteiger partial charge in [-0.3, -0.25) is 9.59 Å². The molecule has 9 heteroatoms. The van der Waals surface area contributed by atoms with Crippen molar-refractivity contribution in [2.24, 2.45) is 0 Å². The van der Waals surface area contributed by atoms with E-state index in [1.54, 1.807) is 0 Å². The van der Waals surface area contributed by atoms with Crippen LogP contribution in [0.25, 0.3) is 0 Å². The average Bonchev–Trinajstić information content (AvgIpc) is 3.24. The van der Waals surface area contributed by atoms with Gasteiger partial charge >= 0.3 is 0 Å². The SMILES string of the molecule is CCn1c(CNC(=O)COc2cc(C)ccc2C(C)C)nnc1SCC(=O)Nc1ccc(C)c(C)c1. The summed E-state index contributed by atoms with van der Waals surface area (Å²) in [4.78, 5) is 24.9. The van der Waals surface area contributed by atoms with Crippen molar-refractivity contribution in [3.8, 4) is 5.75 Å². The first kappa shape index (κ1) is 27.3. The van der Waals surface area contributed by atoms with E-state index < -0.39 is 0 Å². The molecule has 2 aromatic carbocycles. The fourth-order valence-electron chi connectivity index (χ4n) is 3.64. The minimum absolute atomic E-state index is 0.0797. The molecule has 0 aliphatic rings. The quantitative estimate of drug-likeness (QED) is 0.361. The lowest BCUT2D eigenvalue weighted by Crippen LogP contribution is -2.29. The van der Waals surface area contributed by atoms with Crippen molar-refractivity contribution in [3.05, 3.63) is 64.5 Å². The van der Waals surface area contributed by atoms with E-state index in [9.17, 15) is 9.59 Å². The Morgan fingerprint density at radius 3 is 2.50 bits per heavy atom. The third kappa shape index (κ3) is 7.34. The first-order chi connectivity index (χ1) is 17.2. The van der Waals surface area contributed by atoms with Gasteiger partial charge in [0, 0.05) is 12.2 Å². The molecule has 2 N–H and O–H groups in total. The van der Waals surface area contributed by atoms with E-state index in [-0.39, 0.29) is 30.7 Å². The number of thioether (sulfide) groups is 1. The second-order valence-electron chi connectivity index (χ2n) is 9.04. The Labute approximate surface area is 217 Å². The number of ether oxygens (including phenoxy) is 1. The number of nitrogens with zero attached hydrogens (tertiary/aromatic N) is 3. The Morgan fingerprint density at radius 2 is 1.81 bits per heavy atom. The van der Waals surface area contributed by atoms with E-state index in [1.165, 1.54) is 17.3 Å². The molecule has 0 bridgehead atoms. The molecule has 0 aliphatic carbocycles. The molecule has 0 spiro atoms. The normalized spacial score (nSPS) is 11.0. The van der Waals surface area contributed by atoms with E-state index in [1.807, 2.05) is 68.7 Å². The summed E-state index contributed by atoms with van der Waals surface area (Å²) in [5, 5.41) is 14.8. The summed E-state index contributed by atoms with van der Waals surface area (Å²) < 4.78 is 7.71. The van der Waals surface area contributed by atoms with E-state index >= 15 is 0 Å². The van der Waals surface area contributed by atoms with E-state index in [0.717, 1.165) is 28.1 Å². The smallest absolute Gasteiger partial charge is 0.258 e. The van der Waals surface area contributed by atoms with Gasteiger partial charge in [-0.05, 0) is 74.1 Å². The Kier molecular flexibility index (Phi) is 9.52. The van der Waals surface area contributed by atoms with Crippen LogP contribution in [-0.4, -0.2) is 38.9 Å². The third-order valence-electron chi connectivity index (χ3n) is 5.83. The lowest BCUT2D eigenvalue weighted by Gasteiger charge is -2.15. The molecule has 0 saturated heterocycles. The van der Waals surface area contributed by atoms with Gasteiger partial charge in [-0.1, -0.05) is 43.8 Å². The molecule has 0 saturated carbocycles. The van der Waals surface area contributed by atoms with Gasteiger partial charge in [-0.2, -0.15) is 0 Å². The highest BCUT2D eigenvalue weighted by molar-refractivity contribution is 7.99. The molecule has 3 aromatic rings. The number of carbonyl (C=O) groups excluding carboxylic acids is 2. The zero-order valence-electron chi connectivity index (χ0n) is 21.8. The molecule has 1 heterocycles. The predicted octanol–water partition coefficient (Wildman–Crippen LogP) is 4.77. The Hall–Kier alpha value is -3.33. The second-order valence-corrected chi connectivity index (χ2v) is 9.98. The summed E-state index contributed by atoms with van der Waals surface area (Å²) in [7, 11) is 0. The zero-order valence-corrected chi connectivity index (χ0v) is 22.7. The highest BCUT2D eigenvalue weighted by Gasteiger charge is 2.15. The monoisotopic (exact) mass is 509 g/mol. The Bertz CT molecular complexity index is 1220. The van der Waals surface area contributed by atoms with Crippen LogP contribution in [0.15, 0.2) is 41.6 Å². The summed E-state index contributed by atoms with van der Waals surface area (Å²) in [6.45, 7) is 13.0. The predicted molar refractivity (Wildman–Crippen MR) is 144 cm³/mol. The number of aryl methyl sites for hydroxylation is 3. The highest BCUT2D eigenvalue weighted by Crippen LogP contribution is 2.27. The molecule has 0 fully saturated rings. The van der Waals surface area contributed by atoms with Crippen LogP contribution >= 0.6 is 11.8 Å². The summed E-state index contributed by atoms with van der Waals surface area (Å²) in [6.07, 6.45) is 0. The number of anilines is 1. The molecule has 3 rings (SSSR count). The Balaban J connectivity index is 1.51. The average molecular weight is 510 g/mol. The van der Waals surface area contributed by atoms with E-state index in [4.69, 9.17) is 4.74 Å².